The summed E-state index contributed by atoms with van der Waals surface area (Å²) < 4.78 is 10.5. The van der Waals surface area contributed by atoms with Gasteiger partial charge in [0.05, 0.1) is 26.3 Å². The molecule has 1 aliphatic heterocycles. The van der Waals surface area contributed by atoms with Gasteiger partial charge >= 0.3 is 0 Å². The fourth-order valence-electron chi connectivity index (χ4n) is 3.12. The maximum absolute atomic E-state index is 12.9. The molecule has 3 rings (SSSR count). The number of hydrogen-bond acceptors (Lipinski definition) is 5. The van der Waals surface area contributed by atoms with Crippen molar-refractivity contribution in [3.05, 3.63) is 48.0 Å². The van der Waals surface area contributed by atoms with Crippen molar-refractivity contribution in [3.8, 4) is 11.5 Å². The van der Waals surface area contributed by atoms with E-state index in [2.05, 4.69) is 12.2 Å². The molecule has 6 nitrogen and oxygen atoms in total. The zero-order valence-electron chi connectivity index (χ0n) is 15.1. The Morgan fingerprint density at radius 2 is 1.88 bits per heavy atom. The van der Waals surface area contributed by atoms with Crippen molar-refractivity contribution < 1.29 is 19.1 Å². The van der Waals surface area contributed by atoms with Gasteiger partial charge in [-0.3, -0.25) is 9.59 Å². The molecule has 6 heteroatoms. The summed E-state index contributed by atoms with van der Waals surface area (Å²) in [7, 11) is 3.04. The van der Waals surface area contributed by atoms with Crippen LogP contribution in [0, 0.1) is 0 Å². The van der Waals surface area contributed by atoms with Crippen LogP contribution in [0.4, 0.5) is 11.4 Å². The highest BCUT2D eigenvalue weighted by Crippen LogP contribution is 2.35. The molecule has 0 aromatic heterocycles. The van der Waals surface area contributed by atoms with Gasteiger partial charge in [-0.25, -0.2) is 4.90 Å². The lowest BCUT2D eigenvalue weighted by Crippen LogP contribution is -2.35. The normalized spacial score (nSPS) is 16.7. The van der Waals surface area contributed by atoms with Crippen LogP contribution in [0.3, 0.4) is 0 Å². The average Bonchev–Trinajstić information content (AvgIpc) is 2.94. The predicted octanol–water partition coefficient (Wildman–Crippen LogP) is 3.01. The summed E-state index contributed by atoms with van der Waals surface area (Å²) in [5.74, 6) is 0.464. The number of methoxy groups -OCH3 is 2. The highest BCUT2D eigenvalue weighted by Gasteiger charge is 2.41. The number of carbonyl (C=O) groups excluding carboxylic acids is 2. The molecule has 0 radical (unpaired) electrons. The molecular formula is C20H22N2O4. The Morgan fingerprint density at radius 3 is 2.58 bits per heavy atom. The monoisotopic (exact) mass is 354 g/mol. The van der Waals surface area contributed by atoms with Gasteiger partial charge in [-0.05, 0) is 30.2 Å². The molecule has 2 aromatic rings. The number of nitrogens with one attached hydrogen (secondary N) is 1. The summed E-state index contributed by atoms with van der Waals surface area (Å²) in [6, 6.07) is 12.2. The van der Waals surface area contributed by atoms with Gasteiger partial charge in [0.25, 0.3) is 5.91 Å². The Balaban J connectivity index is 1.88. The van der Waals surface area contributed by atoms with Crippen LogP contribution in [-0.4, -0.2) is 32.1 Å². The molecule has 0 bridgehead atoms. The van der Waals surface area contributed by atoms with E-state index < -0.39 is 6.04 Å². The van der Waals surface area contributed by atoms with E-state index in [9.17, 15) is 9.59 Å². The zero-order valence-corrected chi connectivity index (χ0v) is 15.1. The predicted molar refractivity (Wildman–Crippen MR) is 99.9 cm³/mol. The minimum absolute atomic E-state index is 0.103. The van der Waals surface area contributed by atoms with Crippen molar-refractivity contribution in [3.63, 3.8) is 0 Å². The van der Waals surface area contributed by atoms with Crippen molar-refractivity contribution in [1.82, 2.24) is 0 Å². The van der Waals surface area contributed by atoms with Gasteiger partial charge in [-0.1, -0.05) is 25.1 Å². The number of benzene rings is 2. The summed E-state index contributed by atoms with van der Waals surface area (Å²) in [6.45, 7) is 2.05. The molecule has 1 aliphatic rings. The maximum Gasteiger partial charge on any atom is 0.256 e. The minimum atomic E-state index is -0.595. The summed E-state index contributed by atoms with van der Waals surface area (Å²) in [5, 5.41) is 3.22. The maximum atomic E-state index is 12.9. The fraction of sp³-hybridized carbons (Fsp3) is 0.300. The van der Waals surface area contributed by atoms with Gasteiger partial charge in [0.2, 0.25) is 5.91 Å². The van der Waals surface area contributed by atoms with Crippen molar-refractivity contribution >= 4 is 23.2 Å². The second-order valence-electron chi connectivity index (χ2n) is 6.02. The number of carbonyl (C=O) groups is 2. The first-order valence-corrected chi connectivity index (χ1v) is 8.52. The van der Waals surface area contributed by atoms with Crippen molar-refractivity contribution in [2.45, 2.75) is 25.8 Å². The molecular weight excluding hydrogens is 332 g/mol. The van der Waals surface area contributed by atoms with Crippen LogP contribution in [0.1, 0.15) is 18.9 Å². The second-order valence-corrected chi connectivity index (χ2v) is 6.02. The zero-order chi connectivity index (χ0) is 18.7. The number of anilines is 2. The third kappa shape index (κ3) is 3.22. The molecule has 1 atom stereocenters. The largest absolute Gasteiger partial charge is 0.497 e. The van der Waals surface area contributed by atoms with E-state index in [-0.39, 0.29) is 18.2 Å². The number of hydrogen-bond donors (Lipinski definition) is 1. The fourth-order valence-corrected chi connectivity index (χ4v) is 3.12. The first-order valence-electron chi connectivity index (χ1n) is 8.52. The van der Waals surface area contributed by atoms with Gasteiger partial charge in [0.1, 0.15) is 17.5 Å². The molecule has 2 aromatic carbocycles. The number of rotatable bonds is 6. The third-order valence-corrected chi connectivity index (χ3v) is 4.50. The Hall–Kier alpha value is -3.02. The molecule has 0 saturated carbocycles. The highest BCUT2D eigenvalue weighted by atomic mass is 16.5. The molecule has 0 aliphatic carbocycles. The smallest absolute Gasteiger partial charge is 0.256 e. The van der Waals surface area contributed by atoms with Crippen molar-refractivity contribution in [1.29, 1.82) is 0 Å². The van der Waals surface area contributed by atoms with E-state index >= 15 is 0 Å². The summed E-state index contributed by atoms with van der Waals surface area (Å²) in [5.41, 5.74) is 2.41. The number of amides is 2. The molecule has 26 heavy (non-hydrogen) atoms. The number of ether oxygens (including phenoxy) is 2. The van der Waals surface area contributed by atoms with Gasteiger partial charge in [0.15, 0.2) is 0 Å². The molecule has 1 N–H and O–H groups in total. The van der Waals surface area contributed by atoms with E-state index in [1.807, 2.05) is 24.3 Å². The Bertz CT molecular complexity index is 834. The van der Waals surface area contributed by atoms with Crippen LogP contribution >= 0.6 is 0 Å². The topological polar surface area (TPSA) is 67.9 Å². The standard InChI is InChI=1S/C20H22N2O4/c1-4-13-7-5-6-8-15(13)21-16-12-19(23)22(20(16)24)17-10-9-14(25-2)11-18(17)26-3/h5-11,16,21H,4,12H2,1-3H3. The summed E-state index contributed by atoms with van der Waals surface area (Å²) >= 11 is 0. The second kappa shape index (κ2) is 7.47. The van der Waals surface area contributed by atoms with Crippen LogP contribution in [0.2, 0.25) is 0 Å². The number of para-hydroxylation sites is 1. The molecule has 1 unspecified atom stereocenters. The minimum Gasteiger partial charge on any atom is -0.497 e. The Kier molecular flexibility index (Phi) is 5.11. The highest BCUT2D eigenvalue weighted by molar-refractivity contribution is 6.23. The number of imide groups is 1. The molecule has 2 amide bonds. The molecule has 0 spiro atoms. The Labute approximate surface area is 152 Å². The molecule has 1 heterocycles. The lowest BCUT2D eigenvalue weighted by molar-refractivity contribution is -0.121. The Morgan fingerprint density at radius 1 is 1.12 bits per heavy atom. The van der Waals surface area contributed by atoms with Gasteiger partial charge in [0, 0.05) is 11.8 Å². The summed E-state index contributed by atoms with van der Waals surface area (Å²) in [4.78, 5) is 26.6. The van der Waals surface area contributed by atoms with E-state index in [1.165, 1.54) is 12.0 Å². The third-order valence-electron chi connectivity index (χ3n) is 4.50. The van der Waals surface area contributed by atoms with Crippen LogP contribution in [-0.2, 0) is 16.0 Å². The first kappa shape index (κ1) is 17.8. The molecule has 1 saturated heterocycles. The summed E-state index contributed by atoms with van der Waals surface area (Å²) in [6.07, 6.45) is 0.945. The van der Waals surface area contributed by atoms with Crippen molar-refractivity contribution in [2.24, 2.45) is 0 Å². The van der Waals surface area contributed by atoms with Crippen LogP contribution < -0.4 is 19.7 Å². The van der Waals surface area contributed by atoms with E-state index in [0.717, 1.165) is 17.7 Å². The van der Waals surface area contributed by atoms with Gasteiger partial charge in [-0.15, -0.1) is 0 Å². The van der Waals surface area contributed by atoms with E-state index in [4.69, 9.17) is 9.47 Å². The molecule has 136 valence electrons. The quantitative estimate of drug-likeness (QED) is 0.808. The van der Waals surface area contributed by atoms with Crippen LogP contribution in [0.25, 0.3) is 0 Å². The van der Waals surface area contributed by atoms with Gasteiger partial charge in [-0.2, -0.15) is 0 Å². The number of aryl methyl sites for hydroxylation is 1. The van der Waals surface area contributed by atoms with Crippen LogP contribution in [0.5, 0.6) is 11.5 Å². The first-order chi connectivity index (χ1) is 12.6. The van der Waals surface area contributed by atoms with E-state index in [0.29, 0.717) is 17.2 Å². The lowest BCUT2D eigenvalue weighted by atomic mass is 10.1. The van der Waals surface area contributed by atoms with Crippen LogP contribution in [0.15, 0.2) is 42.5 Å². The SMILES string of the molecule is CCc1ccccc1NC1CC(=O)N(c2ccc(OC)cc2OC)C1=O. The van der Waals surface area contributed by atoms with Gasteiger partial charge < -0.3 is 14.8 Å². The number of nitrogens with zero attached hydrogens (tertiary/aromatic N) is 1. The van der Waals surface area contributed by atoms with Crippen molar-refractivity contribution in [2.75, 3.05) is 24.4 Å². The average molecular weight is 354 g/mol. The molecule has 1 fully saturated rings. The van der Waals surface area contributed by atoms with E-state index in [1.54, 1.807) is 25.3 Å². The lowest BCUT2D eigenvalue weighted by Gasteiger charge is -2.19.